The highest BCUT2D eigenvalue weighted by Gasteiger charge is 2.21. The Bertz CT molecular complexity index is 792. The van der Waals surface area contributed by atoms with Gasteiger partial charge in [-0.1, -0.05) is 44.2 Å². The van der Waals surface area contributed by atoms with E-state index in [1.807, 2.05) is 35.0 Å². The summed E-state index contributed by atoms with van der Waals surface area (Å²) in [5, 5.41) is 4.78. The van der Waals surface area contributed by atoms with Crippen LogP contribution in [0.1, 0.15) is 42.6 Å². The Hall–Kier alpha value is -2.46. The number of aromatic nitrogens is 2. The minimum absolute atomic E-state index is 0.0363. The quantitative estimate of drug-likeness (QED) is 0.764. The molecule has 24 heavy (non-hydrogen) atoms. The average Bonchev–Trinajstić information content (AvgIpc) is 3.03. The van der Waals surface area contributed by atoms with Gasteiger partial charge in [0.05, 0.1) is 17.1 Å². The van der Waals surface area contributed by atoms with E-state index in [9.17, 15) is 4.39 Å². The molecule has 124 valence electrons. The number of para-hydroxylation sites is 1. The third-order valence-electron chi connectivity index (χ3n) is 4.21. The van der Waals surface area contributed by atoms with Crippen molar-refractivity contribution < 1.29 is 4.39 Å². The number of rotatable bonds is 5. The molecular weight excluding hydrogens is 301 g/mol. The lowest BCUT2D eigenvalue weighted by atomic mass is 9.94. The molecule has 1 heterocycles. The first-order chi connectivity index (χ1) is 11.6. The van der Waals surface area contributed by atoms with E-state index in [1.54, 1.807) is 12.1 Å². The minimum atomic E-state index is -0.242. The molecule has 3 nitrogen and oxygen atoms in total. The highest BCUT2D eigenvalue weighted by molar-refractivity contribution is 5.39. The van der Waals surface area contributed by atoms with Crippen LogP contribution in [0.2, 0.25) is 0 Å². The molecule has 1 atom stereocenters. The second-order valence-electron chi connectivity index (χ2n) is 6.24. The van der Waals surface area contributed by atoms with Crippen LogP contribution in [-0.4, -0.2) is 16.3 Å². The molecule has 0 aliphatic carbocycles. The van der Waals surface area contributed by atoms with Crippen molar-refractivity contribution in [3.63, 3.8) is 0 Å². The molecule has 0 radical (unpaired) electrons. The Kier molecular flexibility index (Phi) is 4.76. The standard InChI is InChI=1S/C20H22FN3/c1-14(2)19-12-20(24(23-19)17-6-4-3-5-7-17)18(13-22)15-8-10-16(21)11-9-15/h3-12,14,18H,13,22H2,1-2H3. The van der Waals surface area contributed by atoms with Gasteiger partial charge in [-0.15, -0.1) is 0 Å². The van der Waals surface area contributed by atoms with Crippen LogP contribution in [0.25, 0.3) is 5.69 Å². The second-order valence-corrected chi connectivity index (χ2v) is 6.24. The predicted octanol–water partition coefficient (Wildman–Crippen LogP) is 4.23. The zero-order valence-corrected chi connectivity index (χ0v) is 14.0. The van der Waals surface area contributed by atoms with Crippen molar-refractivity contribution in [3.05, 3.63) is 83.4 Å². The van der Waals surface area contributed by atoms with Gasteiger partial charge in [-0.2, -0.15) is 5.10 Å². The van der Waals surface area contributed by atoms with Gasteiger partial charge in [0.25, 0.3) is 0 Å². The lowest BCUT2D eigenvalue weighted by Crippen LogP contribution is -2.17. The summed E-state index contributed by atoms with van der Waals surface area (Å²) >= 11 is 0. The fourth-order valence-corrected chi connectivity index (χ4v) is 2.84. The fraction of sp³-hybridized carbons (Fsp3) is 0.250. The lowest BCUT2D eigenvalue weighted by molar-refractivity contribution is 0.625. The van der Waals surface area contributed by atoms with Crippen molar-refractivity contribution in [2.45, 2.75) is 25.7 Å². The van der Waals surface area contributed by atoms with Gasteiger partial charge in [-0.05, 0) is 41.8 Å². The molecule has 0 bridgehead atoms. The summed E-state index contributed by atoms with van der Waals surface area (Å²) in [7, 11) is 0. The van der Waals surface area contributed by atoms with Gasteiger partial charge >= 0.3 is 0 Å². The summed E-state index contributed by atoms with van der Waals surface area (Å²) in [6.45, 7) is 4.68. The summed E-state index contributed by atoms with van der Waals surface area (Å²) in [6, 6.07) is 18.7. The van der Waals surface area contributed by atoms with Crippen LogP contribution in [0.15, 0.2) is 60.7 Å². The second kappa shape index (κ2) is 6.97. The van der Waals surface area contributed by atoms with Gasteiger partial charge in [0.2, 0.25) is 0 Å². The van der Waals surface area contributed by atoms with Crippen LogP contribution in [0.4, 0.5) is 4.39 Å². The number of nitrogens with two attached hydrogens (primary N) is 1. The number of halogens is 1. The number of benzene rings is 2. The molecule has 0 fully saturated rings. The van der Waals surface area contributed by atoms with Crippen molar-refractivity contribution in [2.24, 2.45) is 5.73 Å². The number of hydrogen-bond donors (Lipinski definition) is 1. The van der Waals surface area contributed by atoms with Gasteiger partial charge in [-0.25, -0.2) is 9.07 Å². The average molecular weight is 323 g/mol. The molecule has 0 saturated heterocycles. The third kappa shape index (κ3) is 3.24. The van der Waals surface area contributed by atoms with Crippen LogP contribution in [0, 0.1) is 5.82 Å². The van der Waals surface area contributed by atoms with Gasteiger partial charge in [-0.3, -0.25) is 0 Å². The van der Waals surface area contributed by atoms with E-state index in [0.29, 0.717) is 12.5 Å². The third-order valence-corrected chi connectivity index (χ3v) is 4.21. The fourth-order valence-electron chi connectivity index (χ4n) is 2.84. The van der Waals surface area contributed by atoms with Crippen LogP contribution in [0.5, 0.6) is 0 Å². The summed E-state index contributed by atoms with van der Waals surface area (Å²) in [5.74, 6) is 0.0418. The van der Waals surface area contributed by atoms with Gasteiger partial charge in [0.15, 0.2) is 0 Å². The predicted molar refractivity (Wildman–Crippen MR) is 95.0 cm³/mol. The zero-order chi connectivity index (χ0) is 17.1. The molecule has 0 aliphatic rings. The topological polar surface area (TPSA) is 43.8 Å². The van der Waals surface area contributed by atoms with Crippen LogP contribution in [0.3, 0.4) is 0 Å². The van der Waals surface area contributed by atoms with E-state index in [2.05, 4.69) is 19.9 Å². The molecule has 0 aliphatic heterocycles. The molecule has 1 aromatic heterocycles. The maximum atomic E-state index is 13.3. The Balaban J connectivity index is 2.12. The molecule has 0 saturated carbocycles. The molecule has 0 spiro atoms. The highest BCUT2D eigenvalue weighted by Crippen LogP contribution is 2.29. The Morgan fingerprint density at radius 1 is 1.04 bits per heavy atom. The largest absolute Gasteiger partial charge is 0.329 e. The molecule has 2 N–H and O–H groups in total. The number of hydrogen-bond acceptors (Lipinski definition) is 2. The maximum Gasteiger partial charge on any atom is 0.123 e. The summed E-state index contributed by atoms with van der Waals surface area (Å²) in [6.07, 6.45) is 0. The maximum absolute atomic E-state index is 13.3. The molecular formula is C20H22FN3. The molecule has 0 amide bonds. The van der Waals surface area contributed by atoms with E-state index in [4.69, 9.17) is 10.8 Å². The molecule has 2 aromatic carbocycles. The van der Waals surface area contributed by atoms with E-state index < -0.39 is 0 Å². The molecule has 3 aromatic rings. The first-order valence-electron chi connectivity index (χ1n) is 8.21. The monoisotopic (exact) mass is 323 g/mol. The summed E-state index contributed by atoms with van der Waals surface area (Å²) < 4.78 is 15.2. The van der Waals surface area contributed by atoms with Crippen molar-refractivity contribution in [2.75, 3.05) is 6.54 Å². The number of nitrogens with zero attached hydrogens (tertiary/aromatic N) is 2. The van der Waals surface area contributed by atoms with Crippen molar-refractivity contribution in [3.8, 4) is 5.69 Å². The first-order valence-corrected chi connectivity index (χ1v) is 8.21. The van der Waals surface area contributed by atoms with Crippen molar-refractivity contribution in [1.29, 1.82) is 0 Å². The van der Waals surface area contributed by atoms with Gasteiger partial charge < -0.3 is 5.73 Å². The van der Waals surface area contributed by atoms with E-state index in [1.165, 1.54) is 12.1 Å². The molecule has 4 heteroatoms. The summed E-state index contributed by atoms with van der Waals surface area (Å²) in [4.78, 5) is 0. The highest BCUT2D eigenvalue weighted by atomic mass is 19.1. The van der Waals surface area contributed by atoms with E-state index in [0.717, 1.165) is 22.6 Å². The molecule has 3 rings (SSSR count). The van der Waals surface area contributed by atoms with Crippen LogP contribution >= 0.6 is 0 Å². The molecule has 1 unspecified atom stereocenters. The van der Waals surface area contributed by atoms with E-state index in [-0.39, 0.29) is 11.7 Å². The van der Waals surface area contributed by atoms with Crippen LogP contribution in [-0.2, 0) is 0 Å². The zero-order valence-electron chi connectivity index (χ0n) is 14.0. The Morgan fingerprint density at radius 3 is 2.29 bits per heavy atom. The van der Waals surface area contributed by atoms with Gasteiger partial charge in [0, 0.05) is 12.5 Å². The van der Waals surface area contributed by atoms with Crippen molar-refractivity contribution >= 4 is 0 Å². The smallest absolute Gasteiger partial charge is 0.123 e. The minimum Gasteiger partial charge on any atom is -0.329 e. The van der Waals surface area contributed by atoms with E-state index >= 15 is 0 Å². The van der Waals surface area contributed by atoms with Gasteiger partial charge in [0.1, 0.15) is 5.82 Å². The Labute approximate surface area is 141 Å². The first kappa shape index (κ1) is 16.4. The van der Waals surface area contributed by atoms with Crippen LogP contribution < -0.4 is 5.73 Å². The summed E-state index contributed by atoms with van der Waals surface area (Å²) in [5.41, 5.74) is 10.1. The SMILES string of the molecule is CC(C)c1cc(C(CN)c2ccc(F)cc2)n(-c2ccccc2)n1. The van der Waals surface area contributed by atoms with Crippen molar-refractivity contribution in [1.82, 2.24) is 9.78 Å². The normalized spacial score (nSPS) is 12.5. The lowest BCUT2D eigenvalue weighted by Gasteiger charge is -2.17. The Morgan fingerprint density at radius 2 is 1.71 bits per heavy atom.